The summed E-state index contributed by atoms with van der Waals surface area (Å²) in [6, 6.07) is 0. The second kappa shape index (κ2) is 3.72. The lowest BCUT2D eigenvalue weighted by molar-refractivity contribution is -0.154. The third-order valence-electron chi connectivity index (χ3n) is 2.03. The van der Waals surface area contributed by atoms with Gasteiger partial charge in [-0.1, -0.05) is 6.42 Å². The highest BCUT2D eigenvalue weighted by atomic mass is 16.5. The first-order valence-electron chi connectivity index (χ1n) is 4.05. The van der Waals surface area contributed by atoms with Crippen molar-refractivity contribution in [1.82, 2.24) is 0 Å². The van der Waals surface area contributed by atoms with E-state index >= 15 is 0 Å². The van der Waals surface area contributed by atoms with Gasteiger partial charge in [-0.05, 0) is 25.7 Å². The second-order valence-electron chi connectivity index (χ2n) is 3.10. The van der Waals surface area contributed by atoms with Crippen molar-refractivity contribution in [1.29, 1.82) is 0 Å². The first-order valence-corrected chi connectivity index (χ1v) is 4.05. The van der Waals surface area contributed by atoms with E-state index in [2.05, 4.69) is 0 Å². The van der Waals surface area contributed by atoms with E-state index in [0.29, 0.717) is 12.5 Å². The van der Waals surface area contributed by atoms with Crippen LogP contribution in [0.5, 0.6) is 0 Å². The highest BCUT2D eigenvalue weighted by molar-refractivity contribution is 5.73. The average Bonchev–Trinajstić information content (AvgIpc) is 1.83. The van der Waals surface area contributed by atoms with E-state index in [9.17, 15) is 4.79 Å². The van der Waals surface area contributed by atoms with Gasteiger partial charge < -0.3 is 9.84 Å². The van der Waals surface area contributed by atoms with Gasteiger partial charge in [0, 0.05) is 0 Å². The van der Waals surface area contributed by atoms with Gasteiger partial charge in [-0.25, -0.2) is 4.79 Å². The van der Waals surface area contributed by atoms with Crippen LogP contribution in [-0.2, 0) is 9.53 Å². The van der Waals surface area contributed by atoms with E-state index < -0.39 is 12.1 Å². The highest BCUT2D eigenvalue weighted by Crippen LogP contribution is 2.26. The highest BCUT2D eigenvalue weighted by Gasteiger charge is 2.20. The van der Waals surface area contributed by atoms with Crippen molar-refractivity contribution in [3.8, 4) is 0 Å². The zero-order chi connectivity index (χ0) is 8.27. The summed E-state index contributed by atoms with van der Waals surface area (Å²) in [7, 11) is 0. The van der Waals surface area contributed by atoms with Crippen LogP contribution in [0.15, 0.2) is 0 Å². The molecule has 1 fully saturated rings. The SMILES string of the molecule is CC(O)C(=O)OCC1CCC1. The van der Waals surface area contributed by atoms with Crippen LogP contribution >= 0.6 is 0 Å². The van der Waals surface area contributed by atoms with Crippen LogP contribution in [0.4, 0.5) is 0 Å². The number of carbonyl (C=O) groups excluding carboxylic acids is 1. The Bertz CT molecular complexity index is 138. The number of hydrogen-bond acceptors (Lipinski definition) is 3. The Labute approximate surface area is 66.4 Å². The van der Waals surface area contributed by atoms with Crippen LogP contribution < -0.4 is 0 Å². The fourth-order valence-corrected chi connectivity index (χ4v) is 0.980. The summed E-state index contributed by atoms with van der Waals surface area (Å²) >= 11 is 0. The van der Waals surface area contributed by atoms with Crippen molar-refractivity contribution in [2.75, 3.05) is 6.61 Å². The van der Waals surface area contributed by atoms with Crippen LogP contribution in [0.1, 0.15) is 26.2 Å². The number of aliphatic hydroxyl groups is 1. The molecule has 0 spiro atoms. The lowest BCUT2D eigenvalue weighted by Crippen LogP contribution is -2.25. The third-order valence-corrected chi connectivity index (χ3v) is 2.03. The van der Waals surface area contributed by atoms with E-state index in [4.69, 9.17) is 9.84 Å². The molecule has 1 rings (SSSR count). The lowest BCUT2D eigenvalue weighted by Gasteiger charge is -2.24. The summed E-state index contributed by atoms with van der Waals surface area (Å²) in [5, 5.41) is 8.75. The zero-order valence-electron chi connectivity index (χ0n) is 6.75. The molecule has 0 radical (unpaired) electrons. The summed E-state index contributed by atoms with van der Waals surface area (Å²) in [5.41, 5.74) is 0. The summed E-state index contributed by atoms with van der Waals surface area (Å²) in [5.74, 6) is 0.0506. The summed E-state index contributed by atoms with van der Waals surface area (Å²) in [6.45, 7) is 1.91. The Kier molecular flexibility index (Phi) is 2.88. The Balaban J connectivity index is 2.06. The number of carbonyl (C=O) groups is 1. The van der Waals surface area contributed by atoms with Crippen molar-refractivity contribution < 1.29 is 14.6 Å². The number of ether oxygens (including phenoxy) is 1. The maximum atomic E-state index is 10.7. The summed E-state index contributed by atoms with van der Waals surface area (Å²) < 4.78 is 4.82. The molecular formula is C8H14O3. The summed E-state index contributed by atoms with van der Waals surface area (Å²) in [4.78, 5) is 10.7. The standard InChI is InChI=1S/C8H14O3/c1-6(9)8(10)11-5-7-3-2-4-7/h6-7,9H,2-5H2,1H3. The van der Waals surface area contributed by atoms with Gasteiger partial charge in [0.25, 0.3) is 0 Å². The van der Waals surface area contributed by atoms with E-state index in [0.717, 1.165) is 12.8 Å². The Morgan fingerprint density at radius 2 is 2.36 bits per heavy atom. The molecule has 0 bridgehead atoms. The molecular weight excluding hydrogens is 144 g/mol. The van der Waals surface area contributed by atoms with Crippen LogP contribution in [0.2, 0.25) is 0 Å². The molecule has 11 heavy (non-hydrogen) atoms. The molecule has 1 aliphatic rings. The minimum atomic E-state index is -0.977. The van der Waals surface area contributed by atoms with Gasteiger partial charge in [-0.15, -0.1) is 0 Å². The van der Waals surface area contributed by atoms with E-state index in [1.54, 1.807) is 0 Å². The molecule has 0 aromatic heterocycles. The van der Waals surface area contributed by atoms with Gasteiger partial charge in [-0.3, -0.25) is 0 Å². The van der Waals surface area contributed by atoms with Gasteiger partial charge in [0.2, 0.25) is 0 Å². The molecule has 1 unspecified atom stereocenters. The number of rotatable bonds is 3. The second-order valence-corrected chi connectivity index (χ2v) is 3.10. The van der Waals surface area contributed by atoms with Gasteiger partial charge in [0.1, 0.15) is 6.10 Å². The van der Waals surface area contributed by atoms with Gasteiger partial charge in [0.15, 0.2) is 0 Å². The van der Waals surface area contributed by atoms with Crippen LogP contribution in [0, 0.1) is 5.92 Å². The molecule has 0 amide bonds. The topological polar surface area (TPSA) is 46.5 Å². The van der Waals surface area contributed by atoms with E-state index in [1.165, 1.54) is 13.3 Å². The normalized spacial score (nSPS) is 20.5. The van der Waals surface area contributed by atoms with Crippen molar-refractivity contribution in [3.05, 3.63) is 0 Å². The van der Waals surface area contributed by atoms with Crippen molar-refractivity contribution in [2.45, 2.75) is 32.3 Å². The van der Waals surface area contributed by atoms with Crippen LogP contribution in [0.25, 0.3) is 0 Å². The van der Waals surface area contributed by atoms with Crippen molar-refractivity contribution in [2.24, 2.45) is 5.92 Å². The maximum Gasteiger partial charge on any atom is 0.334 e. The Morgan fingerprint density at radius 1 is 1.73 bits per heavy atom. The van der Waals surface area contributed by atoms with Gasteiger partial charge in [-0.2, -0.15) is 0 Å². The summed E-state index contributed by atoms with van der Waals surface area (Å²) in [6.07, 6.45) is 2.59. The molecule has 0 heterocycles. The number of hydrogen-bond donors (Lipinski definition) is 1. The lowest BCUT2D eigenvalue weighted by atomic mass is 9.86. The smallest absolute Gasteiger partial charge is 0.334 e. The minimum Gasteiger partial charge on any atom is -0.463 e. The molecule has 0 aliphatic heterocycles. The predicted octanol–water partition coefficient (Wildman–Crippen LogP) is 0.710. The fourth-order valence-electron chi connectivity index (χ4n) is 0.980. The van der Waals surface area contributed by atoms with E-state index in [-0.39, 0.29) is 0 Å². The largest absolute Gasteiger partial charge is 0.463 e. The van der Waals surface area contributed by atoms with Crippen molar-refractivity contribution >= 4 is 5.97 Å². The van der Waals surface area contributed by atoms with Crippen LogP contribution in [-0.4, -0.2) is 23.8 Å². The molecule has 0 aromatic rings. The Hall–Kier alpha value is -0.570. The molecule has 1 N–H and O–H groups in total. The van der Waals surface area contributed by atoms with Crippen LogP contribution in [0.3, 0.4) is 0 Å². The molecule has 1 saturated carbocycles. The third kappa shape index (κ3) is 2.50. The molecule has 3 nitrogen and oxygen atoms in total. The first kappa shape index (κ1) is 8.53. The van der Waals surface area contributed by atoms with Crippen molar-refractivity contribution in [3.63, 3.8) is 0 Å². The molecule has 0 aromatic carbocycles. The van der Waals surface area contributed by atoms with E-state index in [1.807, 2.05) is 0 Å². The average molecular weight is 158 g/mol. The predicted molar refractivity (Wildman–Crippen MR) is 40.0 cm³/mol. The minimum absolute atomic E-state index is 0.490. The quantitative estimate of drug-likeness (QED) is 0.615. The maximum absolute atomic E-state index is 10.7. The molecule has 0 saturated heterocycles. The Morgan fingerprint density at radius 3 is 2.73 bits per heavy atom. The zero-order valence-corrected chi connectivity index (χ0v) is 6.75. The van der Waals surface area contributed by atoms with Gasteiger partial charge in [0.05, 0.1) is 6.61 Å². The first-order chi connectivity index (χ1) is 5.20. The molecule has 64 valence electrons. The molecule has 1 aliphatic carbocycles. The molecule has 1 atom stereocenters. The fraction of sp³-hybridized carbons (Fsp3) is 0.875. The number of aliphatic hydroxyl groups excluding tert-OH is 1. The monoisotopic (exact) mass is 158 g/mol. The molecule has 3 heteroatoms. The number of esters is 1. The van der Waals surface area contributed by atoms with Gasteiger partial charge >= 0.3 is 5.97 Å².